The normalized spacial score (nSPS) is 10.7. The highest BCUT2D eigenvalue weighted by Crippen LogP contribution is 2.17. The molecular formula is C24H20FN3O4. The molecule has 32 heavy (non-hydrogen) atoms. The van der Waals surface area contributed by atoms with Crippen molar-refractivity contribution >= 4 is 17.4 Å². The molecule has 0 bridgehead atoms. The lowest BCUT2D eigenvalue weighted by Gasteiger charge is -2.05. The molecular weight excluding hydrogens is 413 g/mol. The Bertz CT molecular complexity index is 1230. The smallest absolute Gasteiger partial charge is 0.291 e. The van der Waals surface area contributed by atoms with Gasteiger partial charge >= 0.3 is 0 Å². The molecule has 0 aliphatic carbocycles. The number of anilines is 1. The average Bonchev–Trinajstić information content (AvgIpc) is 3.44. The van der Waals surface area contributed by atoms with Crippen molar-refractivity contribution in [3.8, 4) is 5.75 Å². The minimum Gasteiger partial charge on any atom is -0.486 e. The number of hydrogen-bond donors (Lipinski definition) is 1. The van der Waals surface area contributed by atoms with Crippen molar-refractivity contribution in [2.45, 2.75) is 20.1 Å². The van der Waals surface area contributed by atoms with Gasteiger partial charge in [-0.3, -0.25) is 14.3 Å². The predicted molar refractivity (Wildman–Crippen MR) is 115 cm³/mol. The van der Waals surface area contributed by atoms with Crippen LogP contribution in [0, 0.1) is 5.82 Å². The van der Waals surface area contributed by atoms with E-state index in [0.29, 0.717) is 29.3 Å². The van der Waals surface area contributed by atoms with Crippen molar-refractivity contribution < 1.29 is 23.1 Å². The first-order chi connectivity index (χ1) is 15.5. The summed E-state index contributed by atoms with van der Waals surface area (Å²) in [4.78, 5) is 23.8. The quantitative estimate of drug-likeness (QED) is 0.407. The van der Waals surface area contributed by atoms with E-state index in [2.05, 4.69) is 10.4 Å². The Morgan fingerprint density at radius 3 is 2.53 bits per heavy atom. The van der Waals surface area contributed by atoms with Gasteiger partial charge in [-0.1, -0.05) is 12.1 Å². The van der Waals surface area contributed by atoms with Crippen molar-refractivity contribution in [3.05, 3.63) is 102 Å². The highest BCUT2D eigenvalue weighted by molar-refractivity contribution is 6.02. The zero-order chi connectivity index (χ0) is 22.5. The summed E-state index contributed by atoms with van der Waals surface area (Å²) >= 11 is 0. The van der Waals surface area contributed by atoms with Crippen LogP contribution in [0.25, 0.3) is 0 Å². The lowest BCUT2D eigenvalue weighted by molar-refractivity contribution is 0.0990. The number of benzene rings is 2. The van der Waals surface area contributed by atoms with Gasteiger partial charge in [-0.15, -0.1) is 0 Å². The van der Waals surface area contributed by atoms with E-state index in [0.717, 1.165) is 5.56 Å². The van der Waals surface area contributed by atoms with Gasteiger partial charge in [0, 0.05) is 11.8 Å². The molecule has 0 radical (unpaired) electrons. The lowest BCUT2D eigenvalue weighted by atomic mass is 10.1. The van der Waals surface area contributed by atoms with Gasteiger partial charge in [0.2, 0.25) is 0 Å². The van der Waals surface area contributed by atoms with Crippen molar-refractivity contribution in [2.24, 2.45) is 0 Å². The van der Waals surface area contributed by atoms with E-state index in [4.69, 9.17) is 9.15 Å². The third-order valence-corrected chi connectivity index (χ3v) is 4.68. The second kappa shape index (κ2) is 9.30. The fraction of sp³-hybridized carbons (Fsp3) is 0.125. The largest absolute Gasteiger partial charge is 0.486 e. The monoisotopic (exact) mass is 433 g/mol. The molecule has 0 saturated heterocycles. The number of ketones is 1. The number of rotatable bonds is 8. The van der Waals surface area contributed by atoms with Crippen LogP contribution in [0.4, 0.5) is 10.1 Å². The van der Waals surface area contributed by atoms with Crippen LogP contribution in [-0.4, -0.2) is 21.5 Å². The number of hydrogen-bond acceptors (Lipinski definition) is 5. The second-order valence-electron chi connectivity index (χ2n) is 7.14. The van der Waals surface area contributed by atoms with Gasteiger partial charge < -0.3 is 14.5 Å². The molecule has 1 amide bonds. The third-order valence-electron chi connectivity index (χ3n) is 4.68. The van der Waals surface area contributed by atoms with E-state index in [9.17, 15) is 14.0 Å². The topological polar surface area (TPSA) is 86.4 Å². The van der Waals surface area contributed by atoms with Gasteiger partial charge in [0.25, 0.3) is 5.91 Å². The molecule has 4 aromatic rings. The number of halogens is 1. The number of nitrogens with zero attached hydrogens (tertiary/aromatic N) is 2. The van der Waals surface area contributed by atoms with Crippen LogP contribution in [0.3, 0.4) is 0 Å². The predicted octanol–water partition coefficient (Wildman–Crippen LogP) is 4.70. The standard InChI is InChI=1S/C24H20FN3O4/c1-16(29)18-4-8-21(9-5-18)31-15-22-10-11-23(32-22)24(30)27-20-12-26-28(14-20)13-17-2-6-19(25)7-3-17/h2-12,14H,13,15H2,1H3,(H,27,30). The number of furan rings is 1. The maximum Gasteiger partial charge on any atom is 0.291 e. The number of ether oxygens (including phenoxy) is 1. The second-order valence-corrected chi connectivity index (χ2v) is 7.14. The molecule has 0 aliphatic heterocycles. The van der Waals surface area contributed by atoms with Crippen LogP contribution >= 0.6 is 0 Å². The summed E-state index contributed by atoms with van der Waals surface area (Å²) < 4.78 is 25.8. The van der Waals surface area contributed by atoms with Crippen molar-refractivity contribution in [1.29, 1.82) is 0 Å². The Kier molecular flexibility index (Phi) is 6.12. The third kappa shape index (κ3) is 5.28. The Morgan fingerprint density at radius 2 is 1.81 bits per heavy atom. The summed E-state index contributed by atoms with van der Waals surface area (Å²) in [5.41, 5.74) is 2.01. The summed E-state index contributed by atoms with van der Waals surface area (Å²) in [5, 5.41) is 6.93. The van der Waals surface area contributed by atoms with Crippen molar-refractivity contribution in [1.82, 2.24) is 9.78 Å². The molecule has 2 aromatic heterocycles. The maximum absolute atomic E-state index is 13.0. The highest BCUT2D eigenvalue weighted by Gasteiger charge is 2.13. The van der Waals surface area contributed by atoms with Gasteiger partial charge in [-0.05, 0) is 61.0 Å². The highest BCUT2D eigenvalue weighted by atomic mass is 19.1. The number of carbonyl (C=O) groups excluding carboxylic acids is 2. The van der Waals surface area contributed by atoms with Crippen LogP contribution in [-0.2, 0) is 13.2 Å². The zero-order valence-electron chi connectivity index (χ0n) is 17.2. The number of carbonyl (C=O) groups is 2. The molecule has 7 nitrogen and oxygen atoms in total. The van der Waals surface area contributed by atoms with E-state index >= 15 is 0 Å². The van der Waals surface area contributed by atoms with Crippen molar-refractivity contribution in [3.63, 3.8) is 0 Å². The van der Waals surface area contributed by atoms with Crippen LogP contribution < -0.4 is 10.1 Å². The fourth-order valence-corrected chi connectivity index (χ4v) is 3.00. The first-order valence-electron chi connectivity index (χ1n) is 9.87. The minimum absolute atomic E-state index is 0.0146. The van der Waals surface area contributed by atoms with Gasteiger partial charge in [0.05, 0.1) is 18.4 Å². The minimum atomic E-state index is -0.414. The van der Waals surface area contributed by atoms with Gasteiger partial charge in [0.1, 0.15) is 23.9 Å². The summed E-state index contributed by atoms with van der Waals surface area (Å²) in [6, 6.07) is 16.2. The number of Topliss-reactive ketones (excluding diaryl/α,β-unsaturated/α-hetero) is 1. The first kappa shape index (κ1) is 21.0. The van der Waals surface area contributed by atoms with E-state index < -0.39 is 5.91 Å². The molecule has 8 heteroatoms. The molecule has 2 aromatic carbocycles. The molecule has 1 N–H and O–H groups in total. The van der Waals surface area contributed by atoms with E-state index in [1.165, 1.54) is 25.3 Å². The Balaban J connectivity index is 1.31. The van der Waals surface area contributed by atoms with E-state index in [1.54, 1.807) is 59.4 Å². The molecule has 0 unspecified atom stereocenters. The van der Waals surface area contributed by atoms with E-state index in [1.807, 2.05) is 0 Å². The van der Waals surface area contributed by atoms with E-state index in [-0.39, 0.29) is 24.0 Å². The molecule has 0 atom stereocenters. The van der Waals surface area contributed by atoms with Gasteiger partial charge in [-0.25, -0.2) is 4.39 Å². The molecule has 0 fully saturated rings. The molecule has 2 heterocycles. The van der Waals surface area contributed by atoms with Gasteiger partial charge in [0.15, 0.2) is 11.5 Å². The maximum atomic E-state index is 13.0. The van der Waals surface area contributed by atoms with Crippen LogP contribution in [0.15, 0.2) is 77.5 Å². The van der Waals surface area contributed by atoms with Crippen LogP contribution in [0.2, 0.25) is 0 Å². The Hall–Kier alpha value is -4.20. The SMILES string of the molecule is CC(=O)c1ccc(OCc2ccc(C(=O)Nc3cnn(Cc4ccc(F)cc4)c3)o2)cc1. The number of aromatic nitrogens is 2. The number of nitrogens with one attached hydrogen (secondary N) is 1. The molecule has 4 rings (SSSR count). The summed E-state index contributed by atoms with van der Waals surface area (Å²) in [5.74, 6) is 0.490. The summed E-state index contributed by atoms with van der Waals surface area (Å²) in [7, 11) is 0. The summed E-state index contributed by atoms with van der Waals surface area (Å²) in [6.07, 6.45) is 3.21. The molecule has 162 valence electrons. The number of amides is 1. The van der Waals surface area contributed by atoms with Crippen LogP contribution in [0.5, 0.6) is 5.75 Å². The molecule has 0 spiro atoms. The first-order valence-corrected chi connectivity index (χ1v) is 9.87. The Morgan fingerprint density at radius 1 is 1.06 bits per heavy atom. The average molecular weight is 433 g/mol. The van der Waals surface area contributed by atoms with Gasteiger partial charge in [-0.2, -0.15) is 5.10 Å². The molecule has 0 aliphatic rings. The van der Waals surface area contributed by atoms with Crippen molar-refractivity contribution in [2.75, 3.05) is 5.32 Å². The van der Waals surface area contributed by atoms with Crippen LogP contribution in [0.1, 0.15) is 39.2 Å². The fourth-order valence-electron chi connectivity index (χ4n) is 3.00. The molecule has 0 saturated carbocycles. The lowest BCUT2D eigenvalue weighted by Crippen LogP contribution is -2.10. The zero-order valence-corrected chi connectivity index (χ0v) is 17.2. The summed E-state index contributed by atoms with van der Waals surface area (Å²) in [6.45, 7) is 2.09. The Labute approximate surface area is 183 Å².